The highest BCUT2D eigenvalue weighted by Crippen LogP contribution is 2.40. The molecule has 0 saturated carbocycles. The van der Waals surface area contributed by atoms with Gasteiger partial charge in [0.1, 0.15) is 7.05 Å². The number of aryl methyl sites for hydroxylation is 1. The molecule has 0 unspecified atom stereocenters. The van der Waals surface area contributed by atoms with Crippen LogP contribution in [-0.4, -0.2) is 0 Å². The van der Waals surface area contributed by atoms with Gasteiger partial charge in [-0.2, -0.15) is 0 Å². The predicted molar refractivity (Wildman–Crippen MR) is 86.0 cm³/mol. The van der Waals surface area contributed by atoms with Gasteiger partial charge in [-0.15, -0.1) is 0 Å². The molecule has 0 amide bonds. The predicted octanol–water partition coefficient (Wildman–Crippen LogP) is 4.06. The number of pyridine rings is 1. The molecule has 1 aliphatic carbocycles. The zero-order valence-corrected chi connectivity index (χ0v) is 12.4. The van der Waals surface area contributed by atoms with E-state index in [0.29, 0.717) is 0 Å². The van der Waals surface area contributed by atoms with Crippen molar-refractivity contribution in [3.8, 4) is 22.4 Å². The number of rotatable bonds is 1. The highest BCUT2D eigenvalue weighted by Gasteiger charge is 2.23. The Labute approximate surface area is 125 Å². The van der Waals surface area contributed by atoms with Crippen LogP contribution in [0.3, 0.4) is 0 Å². The van der Waals surface area contributed by atoms with E-state index in [9.17, 15) is 0 Å². The first-order valence-corrected chi connectivity index (χ1v) is 7.41. The third-order valence-corrected chi connectivity index (χ3v) is 4.60. The first-order valence-electron chi connectivity index (χ1n) is 7.41. The lowest BCUT2D eigenvalue weighted by Gasteiger charge is -2.09. The minimum Gasteiger partial charge on any atom is -0.201 e. The summed E-state index contributed by atoms with van der Waals surface area (Å²) in [5, 5.41) is 0. The van der Waals surface area contributed by atoms with Crippen LogP contribution in [0.25, 0.3) is 22.4 Å². The van der Waals surface area contributed by atoms with Crippen molar-refractivity contribution in [3.05, 3.63) is 77.5 Å². The van der Waals surface area contributed by atoms with Crippen LogP contribution in [0.2, 0.25) is 0 Å². The van der Waals surface area contributed by atoms with Crippen molar-refractivity contribution in [1.29, 1.82) is 0 Å². The summed E-state index contributed by atoms with van der Waals surface area (Å²) in [6, 6.07) is 19.7. The van der Waals surface area contributed by atoms with E-state index in [1.54, 1.807) is 0 Å². The molecule has 1 heterocycles. The zero-order chi connectivity index (χ0) is 14.4. The molecule has 4 rings (SSSR count). The molecule has 2 aromatic carbocycles. The van der Waals surface area contributed by atoms with E-state index >= 15 is 0 Å². The van der Waals surface area contributed by atoms with Crippen LogP contribution in [0.15, 0.2) is 60.8 Å². The summed E-state index contributed by atoms with van der Waals surface area (Å²) in [5.41, 5.74) is 9.76. The third-order valence-electron chi connectivity index (χ3n) is 4.60. The fourth-order valence-corrected chi connectivity index (χ4v) is 3.45. The highest BCUT2D eigenvalue weighted by atomic mass is 14.9. The Morgan fingerprint density at radius 2 is 1.57 bits per heavy atom. The molecular formula is C20H18N+. The third kappa shape index (κ3) is 1.81. The van der Waals surface area contributed by atoms with Gasteiger partial charge in [-0.3, -0.25) is 0 Å². The van der Waals surface area contributed by atoms with Crippen molar-refractivity contribution < 1.29 is 4.57 Å². The number of benzene rings is 2. The molecule has 0 atom stereocenters. The molecular weight excluding hydrogens is 254 g/mol. The minimum absolute atomic E-state index is 1.06. The summed E-state index contributed by atoms with van der Waals surface area (Å²) in [4.78, 5) is 0. The van der Waals surface area contributed by atoms with Crippen LogP contribution in [0.4, 0.5) is 0 Å². The molecule has 0 spiro atoms. The number of aromatic nitrogens is 1. The Balaban J connectivity index is 1.93. The summed E-state index contributed by atoms with van der Waals surface area (Å²) in [6.45, 7) is 2.26. The Morgan fingerprint density at radius 1 is 0.810 bits per heavy atom. The summed E-state index contributed by atoms with van der Waals surface area (Å²) < 4.78 is 2.19. The highest BCUT2D eigenvalue weighted by molar-refractivity contribution is 5.81. The van der Waals surface area contributed by atoms with Gasteiger partial charge < -0.3 is 0 Å². The van der Waals surface area contributed by atoms with Gasteiger partial charge in [0.25, 0.3) is 0 Å². The van der Waals surface area contributed by atoms with E-state index in [0.717, 1.165) is 6.42 Å². The molecule has 3 aromatic rings. The molecule has 0 saturated heterocycles. The van der Waals surface area contributed by atoms with Crippen molar-refractivity contribution in [1.82, 2.24) is 0 Å². The van der Waals surface area contributed by atoms with Gasteiger partial charge in [0.2, 0.25) is 5.69 Å². The van der Waals surface area contributed by atoms with Crippen LogP contribution in [0.5, 0.6) is 0 Å². The zero-order valence-electron chi connectivity index (χ0n) is 12.4. The molecule has 102 valence electrons. The lowest BCUT2D eigenvalue weighted by atomic mass is 9.95. The first kappa shape index (κ1) is 12.3. The Bertz CT molecular complexity index is 846. The molecule has 1 aromatic heterocycles. The molecule has 0 aliphatic heterocycles. The average molecular weight is 272 g/mol. The van der Waals surface area contributed by atoms with E-state index in [2.05, 4.69) is 79.3 Å². The monoisotopic (exact) mass is 272 g/mol. The normalized spacial score (nSPS) is 12.1. The maximum Gasteiger partial charge on any atom is 0.212 e. The molecule has 0 N–H and O–H groups in total. The van der Waals surface area contributed by atoms with Gasteiger partial charge in [-0.25, -0.2) is 4.57 Å². The van der Waals surface area contributed by atoms with E-state index in [1.165, 1.54) is 39.1 Å². The molecule has 21 heavy (non-hydrogen) atoms. The topological polar surface area (TPSA) is 3.88 Å². The van der Waals surface area contributed by atoms with Crippen molar-refractivity contribution in [2.45, 2.75) is 13.3 Å². The lowest BCUT2D eigenvalue weighted by molar-refractivity contribution is -0.660. The maximum absolute atomic E-state index is 2.29. The molecule has 0 radical (unpaired) electrons. The lowest BCUT2D eigenvalue weighted by Crippen LogP contribution is -2.30. The fourth-order valence-electron chi connectivity index (χ4n) is 3.45. The number of hydrogen-bond donors (Lipinski definition) is 0. The SMILES string of the molecule is Cc1c(-c2cccc[n+]2C)ccc2c1Cc1ccccc1-2. The molecule has 0 bridgehead atoms. The quantitative estimate of drug-likeness (QED) is 0.460. The molecule has 1 nitrogen and oxygen atoms in total. The van der Waals surface area contributed by atoms with Crippen LogP contribution in [0, 0.1) is 6.92 Å². The van der Waals surface area contributed by atoms with Crippen molar-refractivity contribution in [3.63, 3.8) is 0 Å². The summed E-state index contributed by atoms with van der Waals surface area (Å²) >= 11 is 0. The Morgan fingerprint density at radius 3 is 2.43 bits per heavy atom. The van der Waals surface area contributed by atoms with Crippen LogP contribution in [0.1, 0.15) is 16.7 Å². The van der Waals surface area contributed by atoms with Crippen molar-refractivity contribution in [2.75, 3.05) is 0 Å². The maximum atomic E-state index is 2.29. The van der Waals surface area contributed by atoms with Crippen molar-refractivity contribution in [2.24, 2.45) is 7.05 Å². The second-order valence-electron chi connectivity index (χ2n) is 5.79. The summed E-state index contributed by atoms with van der Waals surface area (Å²) in [5.74, 6) is 0. The van der Waals surface area contributed by atoms with Crippen LogP contribution >= 0.6 is 0 Å². The second kappa shape index (κ2) is 4.56. The van der Waals surface area contributed by atoms with Gasteiger partial charge in [-0.05, 0) is 53.3 Å². The first-order chi connectivity index (χ1) is 10.3. The van der Waals surface area contributed by atoms with E-state index in [1.807, 2.05) is 0 Å². The standard InChI is InChI=1S/C20H18N/c1-14-16(20-9-5-6-12-21(20)2)10-11-18-17-8-4-3-7-15(17)13-19(14)18/h3-12H,13H2,1-2H3/q+1. The summed E-state index contributed by atoms with van der Waals surface area (Å²) in [7, 11) is 2.11. The van der Waals surface area contributed by atoms with Crippen LogP contribution in [-0.2, 0) is 13.5 Å². The largest absolute Gasteiger partial charge is 0.212 e. The van der Waals surface area contributed by atoms with Crippen LogP contribution < -0.4 is 4.57 Å². The average Bonchev–Trinajstić information content (AvgIpc) is 2.89. The van der Waals surface area contributed by atoms with E-state index in [4.69, 9.17) is 0 Å². The second-order valence-corrected chi connectivity index (χ2v) is 5.79. The molecule has 0 fully saturated rings. The molecule has 1 aliphatic rings. The Hall–Kier alpha value is -2.41. The van der Waals surface area contributed by atoms with E-state index in [-0.39, 0.29) is 0 Å². The number of fused-ring (bicyclic) bond motifs is 3. The number of hydrogen-bond acceptors (Lipinski definition) is 0. The van der Waals surface area contributed by atoms with Gasteiger partial charge in [0.15, 0.2) is 6.20 Å². The Kier molecular flexibility index (Phi) is 2.68. The molecule has 1 heteroatoms. The van der Waals surface area contributed by atoms with Gasteiger partial charge in [-0.1, -0.05) is 30.3 Å². The van der Waals surface area contributed by atoms with Gasteiger partial charge >= 0.3 is 0 Å². The minimum atomic E-state index is 1.06. The van der Waals surface area contributed by atoms with Gasteiger partial charge in [0.05, 0.1) is 0 Å². The summed E-state index contributed by atoms with van der Waals surface area (Å²) in [6.07, 6.45) is 3.17. The number of nitrogens with zero attached hydrogens (tertiary/aromatic N) is 1. The smallest absolute Gasteiger partial charge is 0.201 e. The fraction of sp³-hybridized carbons (Fsp3) is 0.150. The van der Waals surface area contributed by atoms with E-state index < -0.39 is 0 Å². The van der Waals surface area contributed by atoms with Gasteiger partial charge in [0, 0.05) is 17.7 Å². The van der Waals surface area contributed by atoms with Crippen molar-refractivity contribution >= 4 is 0 Å².